The first-order valence-corrected chi connectivity index (χ1v) is 6.95. The summed E-state index contributed by atoms with van der Waals surface area (Å²) >= 11 is 0. The van der Waals surface area contributed by atoms with E-state index < -0.39 is 6.09 Å². The second-order valence-electron chi connectivity index (χ2n) is 5.22. The fourth-order valence-corrected chi connectivity index (χ4v) is 2.62. The van der Waals surface area contributed by atoms with Gasteiger partial charge in [-0.3, -0.25) is 0 Å². The minimum Gasteiger partial charge on any atom is -0.445 e. The number of nitrogens with one attached hydrogen (secondary N) is 1. The van der Waals surface area contributed by atoms with Gasteiger partial charge in [0.15, 0.2) is 0 Å². The Morgan fingerprint density at radius 3 is 2.71 bits per heavy atom. The van der Waals surface area contributed by atoms with E-state index in [-0.39, 0.29) is 18.5 Å². The van der Waals surface area contributed by atoms with Crippen LogP contribution in [0.2, 0.25) is 0 Å². The predicted molar refractivity (Wildman–Crippen MR) is 77.4 cm³/mol. The number of alkyl carbamates (subject to hydrolysis) is 1. The minimum atomic E-state index is -0.433. The first-order valence-electron chi connectivity index (χ1n) is 6.95. The molecular formula is C17H16FNO2. The number of carbonyl (C=O) groups is 1. The van der Waals surface area contributed by atoms with Gasteiger partial charge >= 0.3 is 6.09 Å². The molecular weight excluding hydrogens is 269 g/mol. The molecule has 1 unspecified atom stereocenters. The van der Waals surface area contributed by atoms with Crippen molar-refractivity contribution >= 4 is 6.09 Å². The van der Waals surface area contributed by atoms with E-state index in [2.05, 4.69) is 5.32 Å². The van der Waals surface area contributed by atoms with Gasteiger partial charge in [-0.25, -0.2) is 9.18 Å². The molecule has 0 aromatic heterocycles. The van der Waals surface area contributed by atoms with Crippen molar-refractivity contribution in [1.82, 2.24) is 5.32 Å². The maximum absolute atomic E-state index is 13.1. The molecule has 0 fully saturated rings. The molecule has 3 nitrogen and oxygen atoms in total. The number of hydrogen-bond donors (Lipinski definition) is 1. The molecule has 0 spiro atoms. The monoisotopic (exact) mass is 285 g/mol. The minimum absolute atomic E-state index is 0.0231. The summed E-state index contributed by atoms with van der Waals surface area (Å²) in [4.78, 5) is 11.8. The van der Waals surface area contributed by atoms with E-state index in [9.17, 15) is 9.18 Å². The molecule has 1 aliphatic carbocycles. The van der Waals surface area contributed by atoms with Crippen molar-refractivity contribution < 1.29 is 13.9 Å². The van der Waals surface area contributed by atoms with Gasteiger partial charge in [-0.1, -0.05) is 36.4 Å². The Hall–Kier alpha value is -2.36. The van der Waals surface area contributed by atoms with E-state index in [0.717, 1.165) is 23.1 Å². The van der Waals surface area contributed by atoms with Crippen LogP contribution < -0.4 is 5.32 Å². The quantitative estimate of drug-likeness (QED) is 0.940. The van der Waals surface area contributed by atoms with Gasteiger partial charge in [0.1, 0.15) is 12.4 Å². The molecule has 21 heavy (non-hydrogen) atoms. The highest BCUT2D eigenvalue weighted by Crippen LogP contribution is 2.23. The summed E-state index contributed by atoms with van der Waals surface area (Å²) in [5.41, 5.74) is 3.00. The summed E-state index contributed by atoms with van der Waals surface area (Å²) in [5.74, 6) is -0.235. The molecule has 0 heterocycles. The van der Waals surface area contributed by atoms with Crippen LogP contribution >= 0.6 is 0 Å². The van der Waals surface area contributed by atoms with Crippen molar-refractivity contribution in [3.8, 4) is 0 Å². The molecule has 0 saturated carbocycles. The zero-order valence-corrected chi connectivity index (χ0v) is 11.5. The standard InChI is InChI=1S/C17H16FNO2/c18-15-7-6-13-9-16(10-14(13)8-15)19-17(20)21-11-12-4-2-1-3-5-12/h1-8,16H,9-11H2,(H,19,20). The fraction of sp³-hybridized carbons (Fsp3) is 0.235. The van der Waals surface area contributed by atoms with E-state index in [1.54, 1.807) is 6.07 Å². The van der Waals surface area contributed by atoms with Crippen molar-refractivity contribution in [2.75, 3.05) is 0 Å². The molecule has 2 aromatic carbocycles. The molecule has 1 amide bonds. The molecule has 0 aliphatic heterocycles. The Morgan fingerprint density at radius 2 is 1.90 bits per heavy atom. The van der Waals surface area contributed by atoms with Crippen LogP contribution in [0.4, 0.5) is 9.18 Å². The lowest BCUT2D eigenvalue weighted by Gasteiger charge is -2.12. The van der Waals surface area contributed by atoms with Gasteiger partial charge in [0.2, 0.25) is 0 Å². The average Bonchev–Trinajstić information content (AvgIpc) is 2.87. The summed E-state index contributed by atoms with van der Waals surface area (Å²) in [6, 6.07) is 14.3. The Labute approximate surface area is 122 Å². The Morgan fingerprint density at radius 1 is 1.14 bits per heavy atom. The highest BCUT2D eigenvalue weighted by molar-refractivity contribution is 5.68. The lowest BCUT2D eigenvalue weighted by molar-refractivity contribution is 0.136. The second kappa shape index (κ2) is 5.95. The van der Waals surface area contributed by atoms with Gasteiger partial charge < -0.3 is 10.1 Å². The van der Waals surface area contributed by atoms with Crippen molar-refractivity contribution in [1.29, 1.82) is 0 Å². The van der Waals surface area contributed by atoms with Crippen LogP contribution in [0.15, 0.2) is 48.5 Å². The number of fused-ring (bicyclic) bond motifs is 1. The van der Waals surface area contributed by atoms with Crippen LogP contribution in [-0.4, -0.2) is 12.1 Å². The largest absolute Gasteiger partial charge is 0.445 e. The van der Waals surface area contributed by atoms with Crippen molar-refractivity contribution in [2.45, 2.75) is 25.5 Å². The third kappa shape index (κ3) is 3.40. The van der Waals surface area contributed by atoms with E-state index in [4.69, 9.17) is 4.74 Å². The molecule has 1 aliphatic rings. The number of amides is 1. The van der Waals surface area contributed by atoms with E-state index >= 15 is 0 Å². The van der Waals surface area contributed by atoms with Crippen molar-refractivity contribution in [3.63, 3.8) is 0 Å². The highest BCUT2D eigenvalue weighted by Gasteiger charge is 2.23. The van der Waals surface area contributed by atoms with E-state index in [0.29, 0.717) is 6.42 Å². The number of hydrogen-bond acceptors (Lipinski definition) is 2. The summed E-state index contributed by atoms with van der Waals surface area (Å²) in [6.45, 7) is 0.251. The molecule has 108 valence electrons. The number of carbonyl (C=O) groups excluding carboxylic acids is 1. The van der Waals surface area contributed by atoms with Crippen molar-refractivity contribution in [2.24, 2.45) is 0 Å². The third-order valence-electron chi connectivity index (χ3n) is 3.64. The molecule has 3 rings (SSSR count). The molecule has 1 atom stereocenters. The Balaban J connectivity index is 1.51. The third-order valence-corrected chi connectivity index (χ3v) is 3.64. The van der Waals surface area contributed by atoms with Gasteiger partial charge in [-0.15, -0.1) is 0 Å². The molecule has 0 radical (unpaired) electrons. The Kier molecular flexibility index (Phi) is 3.86. The maximum atomic E-state index is 13.1. The SMILES string of the molecule is O=C(NC1Cc2ccc(F)cc2C1)OCc1ccccc1. The molecule has 2 aromatic rings. The summed E-state index contributed by atoms with van der Waals surface area (Å²) in [5, 5.41) is 2.83. The number of halogens is 1. The first-order chi connectivity index (χ1) is 10.2. The molecule has 4 heteroatoms. The average molecular weight is 285 g/mol. The number of benzene rings is 2. The van der Waals surface area contributed by atoms with Crippen LogP contribution in [0.3, 0.4) is 0 Å². The van der Waals surface area contributed by atoms with Crippen LogP contribution in [0, 0.1) is 5.82 Å². The van der Waals surface area contributed by atoms with Gasteiger partial charge in [0.25, 0.3) is 0 Å². The van der Waals surface area contributed by atoms with Crippen LogP contribution in [0.1, 0.15) is 16.7 Å². The molecule has 1 N–H and O–H groups in total. The highest BCUT2D eigenvalue weighted by atomic mass is 19.1. The first kappa shape index (κ1) is 13.6. The normalized spacial score (nSPS) is 16.3. The second-order valence-corrected chi connectivity index (χ2v) is 5.22. The lowest BCUT2D eigenvalue weighted by Crippen LogP contribution is -2.35. The molecule has 0 saturated heterocycles. The van der Waals surface area contributed by atoms with Gasteiger partial charge in [0.05, 0.1) is 0 Å². The summed E-state index contributed by atoms with van der Waals surface area (Å²) in [7, 11) is 0. The fourth-order valence-electron chi connectivity index (χ4n) is 2.62. The molecule has 0 bridgehead atoms. The maximum Gasteiger partial charge on any atom is 0.407 e. The van der Waals surface area contributed by atoms with E-state index in [1.165, 1.54) is 12.1 Å². The predicted octanol–water partition coefficient (Wildman–Crippen LogP) is 3.22. The summed E-state index contributed by atoms with van der Waals surface area (Å²) in [6.07, 6.45) is 0.931. The van der Waals surface area contributed by atoms with Crippen molar-refractivity contribution in [3.05, 3.63) is 71.0 Å². The number of rotatable bonds is 3. The zero-order chi connectivity index (χ0) is 14.7. The zero-order valence-electron chi connectivity index (χ0n) is 11.5. The Bertz CT molecular complexity index is 642. The van der Waals surface area contributed by atoms with Crippen LogP contribution in [0.5, 0.6) is 0 Å². The van der Waals surface area contributed by atoms with E-state index in [1.807, 2.05) is 30.3 Å². The summed E-state index contributed by atoms with van der Waals surface area (Å²) < 4.78 is 18.3. The number of ether oxygens (including phenoxy) is 1. The van der Waals surface area contributed by atoms with Gasteiger partial charge in [-0.2, -0.15) is 0 Å². The topological polar surface area (TPSA) is 38.3 Å². The van der Waals surface area contributed by atoms with Gasteiger partial charge in [0, 0.05) is 6.04 Å². The van der Waals surface area contributed by atoms with Gasteiger partial charge in [-0.05, 0) is 41.7 Å². The van der Waals surface area contributed by atoms with Crippen LogP contribution in [0.25, 0.3) is 0 Å². The smallest absolute Gasteiger partial charge is 0.407 e. The van der Waals surface area contributed by atoms with Crippen LogP contribution in [-0.2, 0) is 24.2 Å². The lowest BCUT2D eigenvalue weighted by atomic mass is 10.1.